The highest BCUT2D eigenvalue weighted by Crippen LogP contribution is 2.43. The van der Waals surface area contributed by atoms with Gasteiger partial charge in [0.05, 0.1) is 12.7 Å². The van der Waals surface area contributed by atoms with E-state index in [1.165, 1.54) is 5.56 Å². The van der Waals surface area contributed by atoms with Crippen LogP contribution >= 0.6 is 0 Å². The predicted molar refractivity (Wildman–Crippen MR) is 63.6 cm³/mol. The van der Waals surface area contributed by atoms with Crippen molar-refractivity contribution in [1.29, 1.82) is 0 Å². The molecule has 0 saturated heterocycles. The van der Waals surface area contributed by atoms with Gasteiger partial charge < -0.3 is 15.6 Å². The lowest BCUT2D eigenvalue weighted by Crippen LogP contribution is -2.34. The van der Waals surface area contributed by atoms with Gasteiger partial charge in [0.2, 0.25) is 0 Å². The molecule has 0 aromatic heterocycles. The van der Waals surface area contributed by atoms with Crippen LogP contribution in [0.1, 0.15) is 30.7 Å². The lowest BCUT2D eigenvalue weighted by atomic mass is 9.94. The summed E-state index contributed by atoms with van der Waals surface area (Å²) in [5.41, 5.74) is 6.11. The molecule has 0 bridgehead atoms. The summed E-state index contributed by atoms with van der Waals surface area (Å²) < 4.78 is 5.35. The first kappa shape index (κ1) is 11.4. The number of ether oxygens (including phenoxy) is 1. The summed E-state index contributed by atoms with van der Waals surface area (Å²) in [6, 6.07) is 8.02. The van der Waals surface area contributed by atoms with Crippen molar-refractivity contribution in [3.63, 3.8) is 0 Å². The molecule has 1 aromatic rings. The number of rotatable bonds is 3. The van der Waals surface area contributed by atoms with Gasteiger partial charge in [0.1, 0.15) is 5.75 Å². The number of hydrogen-bond donors (Lipinski definition) is 2. The Labute approximate surface area is 96.2 Å². The van der Waals surface area contributed by atoms with Crippen LogP contribution in [0.15, 0.2) is 24.3 Å². The Morgan fingerprint density at radius 3 is 2.88 bits per heavy atom. The highest BCUT2D eigenvalue weighted by atomic mass is 16.5. The van der Waals surface area contributed by atoms with Crippen molar-refractivity contribution in [3.8, 4) is 5.75 Å². The molecule has 0 aliphatic heterocycles. The molecule has 0 spiro atoms. The number of nitrogens with two attached hydrogens (primary N) is 1. The highest BCUT2D eigenvalue weighted by molar-refractivity contribution is 5.37. The van der Waals surface area contributed by atoms with E-state index in [4.69, 9.17) is 10.5 Å². The van der Waals surface area contributed by atoms with E-state index >= 15 is 0 Å². The lowest BCUT2D eigenvalue weighted by molar-refractivity contribution is 0.0554. The Kier molecular flexibility index (Phi) is 3.17. The van der Waals surface area contributed by atoms with Gasteiger partial charge in [-0.1, -0.05) is 18.2 Å². The van der Waals surface area contributed by atoms with Crippen LogP contribution in [0.3, 0.4) is 0 Å². The Hall–Kier alpha value is -1.06. The first-order valence-corrected chi connectivity index (χ1v) is 5.74. The zero-order valence-electron chi connectivity index (χ0n) is 9.65. The summed E-state index contributed by atoms with van der Waals surface area (Å²) in [5, 5.41) is 10.1. The number of methoxy groups -OCH3 is 1. The van der Waals surface area contributed by atoms with Crippen molar-refractivity contribution in [2.45, 2.75) is 30.8 Å². The van der Waals surface area contributed by atoms with E-state index in [-0.39, 0.29) is 0 Å². The quantitative estimate of drug-likeness (QED) is 0.816. The van der Waals surface area contributed by atoms with E-state index < -0.39 is 5.60 Å². The van der Waals surface area contributed by atoms with Crippen molar-refractivity contribution >= 4 is 0 Å². The maximum Gasteiger partial charge on any atom is 0.122 e. The fourth-order valence-electron chi connectivity index (χ4n) is 2.56. The van der Waals surface area contributed by atoms with Gasteiger partial charge in [0, 0.05) is 6.54 Å². The average Bonchev–Trinajstić information content (AvgIpc) is 2.73. The zero-order chi connectivity index (χ0) is 11.6. The minimum atomic E-state index is -0.675. The molecule has 3 nitrogen and oxygen atoms in total. The van der Waals surface area contributed by atoms with Gasteiger partial charge in [-0.15, -0.1) is 0 Å². The molecule has 3 N–H and O–H groups in total. The van der Waals surface area contributed by atoms with Crippen molar-refractivity contribution < 1.29 is 9.84 Å². The average molecular weight is 221 g/mol. The minimum Gasteiger partial charge on any atom is -0.496 e. The van der Waals surface area contributed by atoms with E-state index in [0.717, 1.165) is 25.0 Å². The molecular weight excluding hydrogens is 202 g/mol. The van der Waals surface area contributed by atoms with Crippen molar-refractivity contribution in [1.82, 2.24) is 0 Å². The SMILES string of the molecule is COc1ccccc1C1CCC(O)(CN)C1. The molecule has 2 rings (SSSR count). The van der Waals surface area contributed by atoms with Crippen LogP contribution in [-0.4, -0.2) is 24.4 Å². The Morgan fingerprint density at radius 1 is 1.50 bits per heavy atom. The monoisotopic (exact) mass is 221 g/mol. The molecular formula is C13H19NO2. The van der Waals surface area contributed by atoms with Crippen LogP contribution < -0.4 is 10.5 Å². The van der Waals surface area contributed by atoms with Gasteiger partial charge in [-0.2, -0.15) is 0 Å². The Morgan fingerprint density at radius 2 is 2.25 bits per heavy atom. The zero-order valence-corrected chi connectivity index (χ0v) is 9.65. The molecule has 0 radical (unpaired) electrons. The molecule has 0 amide bonds. The first-order chi connectivity index (χ1) is 7.68. The topological polar surface area (TPSA) is 55.5 Å². The number of benzene rings is 1. The summed E-state index contributed by atoms with van der Waals surface area (Å²) in [6.07, 6.45) is 2.50. The molecule has 2 atom stereocenters. The van der Waals surface area contributed by atoms with Crippen LogP contribution in [0.25, 0.3) is 0 Å². The number of aliphatic hydroxyl groups is 1. The standard InChI is InChI=1S/C13H19NO2/c1-16-12-5-3-2-4-11(12)10-6-7-13(15,8-10)9-14/h2-5,10,15H,6-9,14H2,1H3. The molecule has 1 fully saturated rings. The van der Waals surface area contributed by atoms with Gasteiger partial charge in [-0.3, -0.25) is 0 Å². The molecule has 1 aliphatic carbocycles. The van der Waals surface area contributed by atoms with E-state index in [2.05, 4.69) is 6.07 Å². The highest BCUT2D eigenvalue weighted by Gasteiger charge is 2.37. The van der Waals surface area contributed by atoms with Gasteiger partial charge in [-0.05, 0) is 36.8 Å². The van der Waals surface area contributed by atoms with E-state index in [1.54, 1.807) is 7.11 Å². The third kappa shape index (κ3) is 2.06. The van der Waals surface area contributed by atoms with Crippen molar-refractivity contribution in [2.24, 2.45) is 5.73 Å². The third-order valence-electron chi connectivity index (χ3n) is 3.54. The largest absolute Gasteiger partial charge is 0.496 e. The molecule has 0 heterocycles. The summed E-state index contributed by atoms with van der Waals surface area (Å²) in [5.74, 6) is 1.28. The summed E-state index contributed by atoms with van der Waals surface area (Å²) >= 11 is 0. The van der Waals surface area contributed by atoms with Gasteiger partial charge in [-0.25, -0.2) is 0 Å². The van der Waals surface area contributed by atoms with E-state index in [0.29, 0.717) is 12.5 Å². The second-order valence-electron chi connectivity index (χ2n) is 4.61. The summed E-state index contributed by atoms with van der Waals surface area (Å²) in [4.78, 5) is 0. The van der Waals surface area contributed by atoms with Crippen LogP contribution in [-0.2, 0) is 0 Å². The molecule has 88 valence electrons. The predicted octanol–water partition coefficient (Wildman–Crippen LogP) is 1.65. The molecule has 1 aliphatic rings. The summed E-state index contributed by atoms with van der Waals surface area (Å²) in [6.45, 7) is 0.346. The Bertz CT molecular complexity index is 367. The Balaban J connectivity index is 2.20. The third-order valence-corrected chi connectivity index (χ3v) is 3.54. The lowest BCUT2D eigenvalue weighted by Gasteiger charge is -2.20. The van der Waals surface area contributed by atoms with Crippen LogP contribution in [0.5, 0.6) is 5.75 Å². The fourth-order valence-corrected chi connectivity index (χ4v) is 2.56. The maximum absolute atomic E-state index is 10.1. The van der Waals surface area contributed by atoms with Crippen molar-refractivity contribution in [3.05, 3.63) is 29.8 Å². The maximum atomic E-state index is 10.1. The molecule has 3 heteroatoms. The van der Waals surface area contributed by atoms with Crippen LogP contribution in [0.4, 0.5) is 0 Å². The molecule has 1 aromatic carbocycles. The smallest absolute Gasteiger partial charge is 0.122 e. The number of para-hydroxylation sites is 1. The van der Waals surface area contributed by atoms with E-state index in [1.807, 2.05) is 18.2 Å². The second kappa shape index (κ2) is 4.44. The fraction of sp³-hybridized carbons (Fsp3) is 0.538. The van der Waals surface area contributed by atoms with Crippen LogP contribution in [0, 0.1) is 0 Å². The van der Waals surface area contributed by atoms with Crippen molar-refractivity contribution in [2.75, 3.05) is 13.7 Å². The van der Waals surface area contributed by atoms with Gasteiger partial charge >= 0.3 is 0 Å². The second-order valence-corrected chi connectivity index (χ2v) is 4.61. The van der Waals surface area contributed by atoms with Gasteiger partial charge in [0.15, 0.2) is 0 Å². The normalized spacial score (nSPS) is 29.3. The van der Waals surface area contributed by atoms with Gasteiger partial charge in [0.25, 0.3) is 0 Å². The molecule has 16 heavy (non-hydrogen) atoms. The van der Waals surface area contributed by atoms with Crippen LogP contribution in [0.2, 0.25) is 0 Å². The first-order valence-electron chi connectivity index (χ1n) is 5.74. The molecule has 1 saturated carbocycles. The number of hydrogen-bond acceptors (Lipinski definition) is 3. The molecule has 2 unspecified atom stereocenters. The minimum absolute atomic E-state index is 0.346. The summed E-state index contributed by atoms with van der Waals surface area (Å²) in [7, 11) is 1.68. The van der Waals surface area contributed by atoms with E-state index in [9.17, 15) is 5.11 Å².